The lowest BCUT2D eigenvalue weighted by atomic mass is 10.1. The van der Waals surface area contributed by atoms with E-state index in [0.29, 0.717) is 0 Å². The van der Waals surface area contributed by atoms with Crippen molar-refractivity contribution in [2.24, 2.45) is 12.8 Å². The summed E-state index contributed by atoms with van der Waals surface area (Å²) < 4.78 is 6.82. The molecule has 2 rings (SSSR count). The highest BCUT2D eigenvalue weighted by Gasteiger charge is 2.14. The average Bonchev–Trinajstić information content (AvgIpc) is 2.74. The molecule has 0 aliphatic carbocycles. The highest BCUT2D eigenvalue weighted by Crippen LogP contribution is 2.21. The number of methoxy groups -OCH3 is 1. The Balaban J connectivity index is 2.33. The molecule has 1 unspecified atom stereocenters. The van der Waals surface area contributed by atoms with Gasteiger partial charge in [0.25, 0.3) is 0 Å². The standard InChI is InChI=1S/C11H14N4O/c1-15-11(13-7-14-15)10(12)8-4-3-5-9(6-8)16-2/h3-7,10H,12H2,1-2H3. The molecule has 84 valence electrons. The molecule has 2 N–H and O–H groups in total. The van der Waals surface area contributed by atoms with Gasteiger partial charge in [-0.3, -0.25) is 4.68 Å². The predicted octanol–water partition coefficient (Wildman–Crippen LogP) is 0.872. The molecule has 16 heavy (non-hydrogen) atoms. The predicted molar refractivity (Wildman–Crippen MR) is 60.0 cm³/mol. The first-order valence-electron chi connectivity index (χ1n) is 4.96. The number of hydrogen-bond acceptors (Lipinski definition) is 4. The van der Waals surface area contributed by atoms with Crippen LogP contribution in [0, 0.1) is 0 Å². The van der Waals surface area contributed by atoms with E-state index < -0.39 is 0 Å². The molecule has 1 heterocycles. The van der Waals surface area contributed by atoms with E-state index in [9.17, 15) is 0 Å². The molecular weight excluding hydrogens is 204 g/mol. The molecule has 0 radical (unpaired) electrons. The van der Waals surface area contributed by atoms with Crippen LogP contribution in [0.25, 0.3) is 0 Å². The Bertz CT molecular complexity index is 480. The van der Waals surface area contributed by atoms with Crippen LogP contribution in [0.3, 0.4) is 0 Å². The van der Waals surface area contributed by atoms with Crippen LogP contribution in [-0.4, -0.2) is 21.9 Å². The van der Waals surface area contributed by atoms with Crippen LogP contribution in [-0.2, 0) is 7.05 Å². The first-order chi connectivity index (χ1) is 7.72. The van der Waals surface area contributed by atoms with Gasteiger partial charge in [-0.1, -0.05) is 12.1 Å². The second-order valence-electron chi connectivity index (χ2n) is 3.50. The van der Waals surface area contributed by atoms with Crippen molar-refractivity contribution in [3.63, 3.8) is 0 Å². The fourth-order valence-corrected chi connectivity index (χ4v) is 1.57. The Kier molecular flexibility index (Phi) is 2.87. The Hall–Kier alpha value is -1.88. The summed E-state index contributed by atoms with van der Waals surface area (Å²) in [6.45, 7) is 0. The third-order valence-corrected chi connectivity index (χ3v) is 2.48. The Morgan fingerprint density at radius 2 is 2.25 bits per heavy atom. The van der Waals surface area contributed by atoms with Crippen molar-refractivity contribution in [1.82, 2.24) is 14.8 Å². The van der Waals surface area contributed by atoms with E-state index in [-0.39, 0.29) is 6.04 Å². The van der Waals surface area contributed by atoms with Gasteiger partial charge in [-0.2, -0.15) is 5.10 Å². The number of aromatic nitrogens is 3. The molecule has 0 bridgehead atoms. The molecule has 1 atom stereocenters. The number of benzene rings is 1. The first kappa shape index (κ1) is 10.6. The van der Waals surface area contributed by atoms with Crippen molar-refractivity contribution >= 4 is 0 Å². The summed E-state index contributed by atoms with van der Waals surface area (Å²) in [5, 5.41) is 4.00. The lowest BCUT2D eigenvalue weighted by Crippen LogP contribution is -2.17. The van der Waals surface area contributed by atoms with Crippen LogP contribution in [0.15, 0.2) is 30.6 Å². The molecular formula is C11H14N4O. The molecule has 0 saturated heterocycles. The van der Waals surface area contributed by atoms with E-state index in [4.69, 9.17) is 10.5 Å². The third kappa shape index (κ3) is 1.90. The minimum Gasteiger partial charge on any atom is -0.497 e. The third-order valence-electron chi connectivity index (χ3n) is 2.48. The quantitative estimate of drug-likeness (QED) is 0.830. The fraction of sp³-hybridized carbons (Fsp3) is 0.273. The smallest absolute Gasteiger partial charge is 0.148 e. The molecule has 1 aromatic heterocycles. The van der Waals surface area contributed by atoms with Gasteiger partial charge in [0.1, 0.15) is 17.9 Å². The summed E-state index contributed by atoms with van der Waals surface area (Å²) in [5.41, 5.74) is 7.06. The van der Waals surface area contributed by atoms with Gasteiger partial charge in [-0.25, -0.2) is 4.98 Å². The van der Waals surface area contributed by atoms with Crippen LogP contribution >= 0.6 is 0 Å². The maximum atomic E-state index is 6.11. The molecule has 0 aliphatic heterocycles. The van der Waals surface area contributed by atoms with Gasteiger partial charge in [0.2, 0.25) is 0 Å². The number of nitrogens with zero attached hydrogens (tertiary/aromatic N) is 3. The first-order valence-corrected chi connectivity index (χ1v) is 4.96. The summed E-state index contributed by atoms with van der Waals surface area (Å²) >= 11 is 0. The van der Waals surface area contributed by atoms with Gasteiger partial charge >= 0.3 is 0 Å². The maximum Gasteiger partial charge on any atom is 0.148 e. The zero-order valence-corrected chi connectivity index (χ0v) is 9.29. The SMILES string of the molecule is COc1cccc(C(N)c2ncnn2C)c1. The summed E-state index contributed by atoms with van der Waals surface area (Å²) in [7, 11) is 3.45. The van der Waals surface area contributed by atoms with Crippen molar-refractivity contribution in [1.29, 1.82) is 0 Å². The van der Waals surface area contributed by atoms with Gasteiger partial charge in [0.05, 0.1) is 13.2 Å². The number of aryl methyl sites for hydroxylation is 1. The Labute approximate surface area is 93.9 Å². The number of hydrogen-bond donors (Lipinski definition) is 1. The van der Waals surface area contributed by atoms with E-state index in [2.05, 4.69) is 10.1 Å². The molecule has 0 amide bonds. The van der Waals surface area contributed by atoms with Gasteiger partial charge in [-0.15, -0.1) is 0 Å². The molecule has 0 aliphatic rings. The monoisotopic (exact) mass is 218 g/mol. The van der Waals surface area contributed by atoms with E-state index >= 15 is 0 Å². The second-order valence-corrected chi connectivity index (χ2v) is 3.50. The molecule has 0 saturated carbocycles. The number of nitrogens with two attached hydrogens (primary N) is 1. The number of rotatable bonds is 3. The van der Waals surface area contributed by atoms with E-state index in [1.807, 2.05) is 31.3 Å². The van der Waals surface area contributed by atoms with Crippen molar-refractivity contribution < 1.29 is 4.74 Å². The fourth-order valence-electron chi connectivity index (χ4n) is 1.57. The summed E-state index contributed by atoms with van der Waals surface area (Å²) in [5.74, 6) is 1.52. The topological polar surface area (TPSA) is 66.0 Å². The van der Waals surface area contributed by atoms with Gasteiger partial charge in [0, 0.05) is 7.05 Å². The number of ether oxygens (including phenoxy) is 1. The van der Waals surface area contributed by atoms with Crippen molar-refractivity contribution in [3.05, 3.63) is 42.0 Å². The lowest BCUT2D eigenvalue weighted by molar-refractivity contribution is 0.414. The molecule has 2 aromatic rings. The van der Waals surface area contributed by atoms with E-state index in [1.165, 1.54) is 6.33 Å². The van der Waals surface area contributed by atoms with E-state index in [1.54, 1.807) is 11.8 Å². The van der Waals surface area contributed by atoms with Crippen molar-refractivity contribution in [3.8, 4) is 5.75 Å². The molecule has 1 aromatic carbocycles. The maximum absolute atomic E-state index is 6.11. The Morgan fingerprint density at radius 3 is 2.88 bits per heavy atom. The second kappa shape index (κ2) is 4.32. The van der Waals surface area contributed by atoms with Crippen LogP contribution in [0.2, 0.25) is 0 Å². The van der Waals surface area contributed by atoms with E-state index in [0.717, 1.165) is 17.1 Å². The minimum atomic E-state index is -0.289. The largest absolute Gasteiger partial charge is 0.497 e. The normalized spacial score (nSPS) is 12.4. The highest BCUT2D eigenvalue weighted by molar-refractivity contribution is 5.32. The van der Waals surface area contributed by atoms with Crippen molar-refractivity contribution in [2.45, 2.75) is 6.04 Å². The molecule has 5 nitrogen and oxygen atoms in total. The average molecular weight is 218 g/mol. The summed E-state index contributed by atoms with van der Waals surface area (Å²) in [6.07, 6.45) is 1.50. The van der Waals surface area contributed by atoms with Crippen molar-refractivity contribution in [2.75, 3.05) is 7.11 Å². The summed E-state index contributed by atoms with van der Waals surface area (Å²) in [4.78, 5) is 4.13. The van der Waals surface area contributed by atoms with Gasteiger partial charge in [-0.05, 0) is 17.7 Å². The summed E-state index contributed by atoms with van der Waals surface area (Å²) in [6, 6.07) is 7.35. The molecule has 0 fully saturated rings. The highest BCUT2D eigenvalue weighted by atomic mass is 16.5. The van der Waals surface area contributed by atoms with Crippen LogP contribution in [0.1, 0.15) is 17.4 Å². The molecule has 5 heteroatoms. The van der Waals surface area contributed by atoms with Gasteiger partial charge < -0.3 is 10.5 Å². The Morgan fingerprint density at radius 1 is 1.44 bits per heavy atom. The van der Waals surface area contributed by atoms with Crippen LogP contribution < -0.4 is 10.5 Å². The lowest BCUT2D eigenvalue weighted by Gasteiger charge is -2.11. The zero-order valence-electron chi connectivity index (χ0n) is 9.29. The minimum absolute atomic E-state index is 0.289. The zero-order chi connectivity index (χ0) is 11.5. The van der Waals surface area contributed by atoms with Gasteiger partial charge in [0.15, 0.2) is 0 Å². The molecule has 0 spiro atoms. The van der Waals surface area contributed by atoms with Crippen LogP contribution in [0.5, 0.6) is 5.75 Å². The van der Waals surface area contributed by atoms with Crippen LogP contribution in [0.4, 0.5) is 0 Å².